The summed E-state index contributed by atoms with van der Waals surface area (Å²) in [6, 6.07) is 10.9. The number of aryl methyl sites for hydroxylation is 1. The first-order valence-corrected chi connectivity index (χ1v) is 14.1. The van der Waals surface area contributed by atoms with E-state index in [9.17, 15) is 23.3 Å². The van der Waals surface area contributed by atoms with E-state index in [0.717, 1.165) is 0 Å². The van der Waals surface area contributed by atoms with E-state index in [2.05, 4.69) is 9.97 Å². The molecule has 1 fully saturated rings. The summed E-state index contributed by atoms with van der Waals surface area (Å²) in [4.78, 5) is 39.3. The Morgan fingerprint density at radius 2 is 1.95 bits per heavy atom. The van der Waals surface area contributed by atoms with Gasteiger partial charge in [-0.3, -0.25) is 14.5 Å². The van der Waals surface area contributed by atoms with Crippen molar-refractivity contribution in [2.75, 3.05) is 32.1 Å². The van der Waals surface area contributed by atoms with Crippen LogP contribution in [-0.2, 0) is 25.2 Å². The molecule has 0 spiro atoms. The van der Waals surface area contributed by atoms with Gasteiger partial charge in [0.2, 0.25) is 11.8 Å². The van der Waals surface area contributed by atoms with Gasteiger partial charge in [-0.2, -0.15) is 18.0 Å². The monoisotopic (exact) mass is 578 g/mol. The molecule has 0 aliphatic carbocycles. The summed E-state index contributed by atoms with van der Waals surface area (Å²) in [5.41, 5.74) is -1.14. The Kier molecular flexibility index (Phi) is 7.00. The van der Waals surface area contributed by atoms with Crippen molar-refractivity contribution in [1.29, 1.82) is 5.26 Å². The number of rotatable bonds is 6. The molecule has 3 atom stereocenters. The van der Waals surface area contributed by atoms with E-state index in [1.54, 1.807) is 13.0 Å². The second kappa shape index (κ2) is 10.2. The molecule has 0 saturated carbocycles. The van der Waals surface area contributed by atoms with Gasteiger partial charge in [0.25, 0.3) is 15.9 Å². The third-order valence-corrected chi connectivity index (χ3v) is 8.99. The molecule has 2 aromatic heterocycles. The van der Waals surface area contributed by atoms with E-state index in [1.165, 1.54) is 79.8 Å². The van der Waals surface area contributed by atoms with Gasteiger partial charge in [-0.05, 0) is 48.9 Å². The largest absolute Gasteiger partial charge is 0.481 e. The molecule has 1 unspecified atom stereocenters. The van der Waals surface area contributed by atoms with E-state index in [-0.39, 0.29) is 46.2 Å². The molecule has 212 valence electrons. The Hall–Kier alpha value is -4.41. The molecule has 1 saturated heterocycles. The number of hydrogen-bond donors (Lipinski definition) is 0. The highest BCUT2D eigenvalue weighted by molar-refractivity contribution is 7.93. The van der Waals surface area contributed by atoms with Crippen LogP contribution >= 0.6 is 0 Å². The molecule has 0 radical (unpaired) electrons. The van der Waals surface area contributed by atoms with Crippen molar-refractivity contribution in [3.8, 4) is 11.9 Å². The molecular weight excluding hydrogens is 551 g/mol. The van der Waals surface area contributed by atoms with Crippen molar-refractivity contribution in [1.82, 2.24) is 19.8 Å². The minimum Gasteiger partial charge on any atom is -0.481 e. The van der Waals surface area contributed by atoms with E-state index in [1.807, 2.05) is 6.07 Å². The van der Waals surface area contributed by atoms with Crippen molar-refractivity contribution < 1.29 is 27.1 Å². The number of methoxy groups -OCH3 is 1. The average Bonchev–Trinajstić information content (AvgIpc) is 3.47. The zero-order valence-electron chi connectivity index (χ0n) is 22.8. The van der Waals surface area contributed by atoms with Crippen molar-refractivity contribution in [2.24, 2.45) is 0 Å². The van der Waals surface area contributed by atoms with Gasteiger partial charge in [-0.25, -0.2) is 14.4 Å². The fourth-order valence-electron chi connectivity index (χ4n) is 5.59. The second-order valence-corrected chi connectivity index (χ2v) is 11.8. The smallest absolute Gasteiger partial charge is 0.288 e. The zero-order valence-corrected chi connectivity index (χ0v) is 23.6. The molecule has 11 nitrogen and oxygen atoms in total. The Labute approximate surface area is 236 Å². The number of hydrogen-bond acceptors (Lipinski definition) is 9. The number of likely N-dealkylation sites (tertiary alicyclic amines) is 1. The number of sulfonamides is 1. The molecular formula is C28H27FN6O5S. The lowest BCUT2D eigenvalue weighted by Crippen LogP contribution is -2.59. The molecule has 2 amide bonds. The number of likely N-dealkylation sites (N-methyl/N-ethyl adjacent to an activating group) is 1. The zero-order chi connectivity index (χ0) is 29.7. The van der Waals surface area contributed by atoms with Crippen LogP contribution in [0.1, 0.15) is 28.7 Å². The number of carbonyl (C=O) groups excluding carboxylic acids is 2. The highest BCUT2D eigenvalue weighted by Crippen LogP contribution is 2.54. The van der Waals surface area contributed by atoms with E-state index >= 15 is 4.39 Å². The van der Waals surface area contributed by atoms with E-state index < -0.39 is 39.6 Å². The lowest BCUT2D eigenvalue weighted by Gasteiger charge is -2.41. The number of amides is 2. The number of nitriles is 1. The minimum absolute atomic E-state index is 0.0276. The van der Waals surface area contributed by atoms with Gasteiger partial charge >= 0.3 is 0 Å². The number of carbonyl (C=O) groups is 2. The van der Waals surface area contributed by atoms with Gasteiger partial charge in [-0.15, -0.1) is 0 Å². The first-order valence-electron chi connectivity index (χ1n) is 12.7. The summed E-state index contributed by atoms with van der Waals surface area (Å²) in [6.45, 7) is 1.37. The van der Waals surface area contributed by atoms with E-state index in [4.69, 9.17) is 4.74 Å². The molecule has 4 heterocycles. The first-order chi connectivity index (χ1) is 19.5. The molecule has 1 aromatic carbocycles. The minimum atomic E-state index is -4.62. The highest BCUT2D eigenvalue weighted by atomic mass is 32.2. The van der Waals surface area contributed by atoms with E-state index in [0.29, 0.717) is 9.87 Å². The van der Waals surface area contributed by atoms with Crippen molar-refractivity contribution in [2.45, 2.75) is 36.1 Å². The van der Waals surface area contributed by atoms with Crippen molar-refractivity contribution in [3.63, 3.8) is 0 Å². The average molecular weight is 579 g/mol. The quantitative estimate of drug-likeness (QED) is 0.431. The van der Waals surface area contributed by atoms with Gasteiger partial charge in [-0.1, -0.05) is 6.07 Å². The van der Waals surface area contributed by atoms with Crippen LogP contribution in [0.4, 0.5) is 10.1 Å². The predicted octanol–water partition coefficient (Wildman–Crippen LogP) is 2.14. The predicted molar refractivity (Wildman–Crippen MR) is 145 cm³/mol. The maximum Gasteiger partial charge on any atom is 0.288 e. The van der Waals surface area contributed by atoms with Gasteiger partial charge in [0.15, 0.2) is 10.6 Å². The fraction of sp³-hybridized carbons (Fsp3) is 0.321. The Morgan fingerprint density at radius 1 is 1.20 bits per heavy atom. The molecule has 0 N–H and O–H groups in total. The summed E-state index contributed by atoms with van der Waals surface area (Å²) in [7, 11) is -0.256. The standard InChI is InChI=1S/C28H27FN6O5S/c1-17-7-10-24(32-15-17)41(38,39)35-22-9-8-18(14-30)12-21(22)28(27(35)37,20-6-5-11-31-25(20)40-4)34-16-19(29)13-23(34)26(36)33(2)3/h5-12,15,19,23H,13,16H2,1-4H3/t19-,23+,28?/m1/s1. The Morgan fingerprint density at radius 3 is 2.59 bits per heavy atom. The molecule has 2 aliphatic heterocycles. The number of halogens is 1. The summed E-state index contributed by atoms with van der Waals surface area (Å²) >= 11 is 0. The van der Waals surface area contributed by atoms with Crippen molar-refractivity contribution >= 4 is 27.5 Å². The van der Waals surface area contributed by atoms with Crippen LogP contribution in [0.3, 0.4) is 0 Å². The van der Waals surface area contributed by atoms with Gasteiger partial charge in [0, 0.05) is 50.6 Å². The number of ether oxygens (including phenoxy) is 1. The number of anilines is 1. The van der Waals surface area contributed by atoms with Crippen LogP contribution in [0, 0.1) is 18.3 Å². The first kappa shape index (κ1) is 28.1. The third kappa shape index (κ3) is 4.22. The Balaban J connectivity index is 1.89. The number of fused-ring (bicyclic) bond motifs is 1. The number of benzene rings is 1. The topological polar surface area (TPSA) is 137 Å². The van der Waals surface area contributed by atoms with Crippen LogP contribution in [0.25, 0.3) is 0 Å². The molecule has 3 aromatic rings. The number of alkyl halides is 1. The summed E-state index contributed by atoms with van der Waals surface area (Å²) in [6.07, 6.45) is 1.05. The number of pyridine rings is 2. The van der Waals surface area contributed by atoms with Crippen LogP contribution < -0.4 is 9.04 Å². The second-order valence-electron chi connectivity index (χ2n) is 10.1. The maximum absolute atomic E-state index is 15.3. The molecule has 2 aliphatic rings. The summed E-state index contributed by atoms with van der Waals surface area (Å²) in [5.74, 6) is -1.50. The maximum atomic E-state index is 15.3. The lowest BCUT2D eigenvalue weighted by atomic mass is 9.81. The Bertz CT molecular complexity index is 1690. The molecule has 5 rings (SSSR count). The summed E-state index contributed by atoms with van der Waals surface area (Å²) < 4.78 is 49.7. The fourth-order valence-corrected chi connectivity index (χ4v) is 6.97. The van der Waals surface area contributed by atoms with Gasteiger partial charge < -0.3 is 9.64 Å². The van der Waals surface area contributed by atoms with Crippen molar-refractivity contribution in [3.05, 3.63) is 77.1 Å². The van der Waals surface area contributed by atoms with Crippen LogP contribution in [-0.4, -0.2) is 80.0 Å². The normalized spacial score (nSPS) is 22.3. The highest BCUT2D eigenvalue weighted by Gasteiger charge is 2.64. The number of nitrogens with zero attached hydrogens (tertiary/aromatic N) is 6. The van der Waals surface area contributed by atoms with Crippen LogP contribution in [0.2, 0.25) is 0 Å². The van der Waals surface area contributed by atoms with Gasteiger partial charge in [0.1, 0.15) is 6.17 Å². The third-order valence-electron chi connectivity index (χ3n) is 7.38. The van der Waals surface area contributed by atoms with Crippen LogP contribution in [0.5, 0.6) is 5.88 Å². The molecule has 13 heteroatoms. The molecule has 0 bridgehead atoms. The lowest BCUT2D eigenvalue weighted by molar-refractivity contribution is -0.138. The molecule has 41 heavy (non-hydrogen) atoms. The number of aromatic nitrogens is 2. The van der Waals surface area contributed by atoms with Crippen LogP contribution in [0.15, 0.2) is 59.9 Å². The SMILES string of the molecule is COc1ncccc1C1(N2C[C@H](F)C[C@H]2C(=O)N(C)C)C(=O)N(S(=O)(=O)c2ccc(C)cn2)c2ccc(C#N)cc21. The summed E-state index contributed by atoms with van der Waals surface area (Å²) in [5, 5.41) is 9.40. The van der Waals surface area contributed by atoms with Gasteiger partial charge in [0.05, 0.1) is 30.5 Å².